The Labute approximate surface area is 177 Å². The smallest absolute Gasteiger partial charge is 0.313 e. The van der Waals surface area contributed by atoms with E-state index in [2.05, 4.69) is 18.4 Å². The van der Waals surface area contributed by atoms with E-state index in [0.717, 1.165) is 33.3 Å². The van der Waals surface area contributed by atoms with Gasteiger partial charge in [-0.25, -0.2) is 0 Å². The number of carbonyl (C=O) groups excluding carboxylic acids is 2. The molecule has 5 nitrogen and oxygen atoms in total. The van der Waals surface area contributed by atoms with Crippen molar-refractivity contribution in [3.05, 3.63) is 64.8 Å². The normalized spacial score (nSPS) is 11.2. The van der Waals surface area contributed by atoms with Crippen LogP contribution in [0.1, 0.15) is 55.5 Å². The van der Waals surface area contributed by atoms with E-state index in [1.54, 1.807) is 13.0 Å². The number of rotatable bonds is 8. The minimum absolute atomic E-state index is 0.147. The number of hydrogen-bond acceptors (Lipinski definition) is 4. The Kier molecular flexibility index (Phi) is 6.60. The summed E-state index contributed by atoms with van der Waals surface area (Å²) in [6.07, 6.45) is -0.00647. The number of fused-ring (bicyclic) bond motifs is 1. The summed E-state index contributed by atoms with van der Waals surface area (Å²) < 4.78 is 7.10. The lowest BCUT2D eigenvalue weighted by Gasteiger charge is -2.13. The van der Waals surface area contributed by atoms with Crippen molar-refractivity contribution in [3.63, 3.8) is 0 Å². The standard InChI is InChI=1S/C25H29NO4/c1-5-30-25(29)14-19(27)13-22-17(4)26(23-9-7-6-8-20(22)23)15-18-10-11-24(28)21(12-18)16(2)3/h6-12,16,28H,5,13-15H2,1-4H3. The fraction of sp³-hybridized carbons (Fsp3) is 0.360. The molecule has 0 bridgehead atoms. The summed E-state index contributed by atoms with van der Waals surface area (Å²) in [6.45, 7) is 8.77. The second-order valence-corrected chi connectivity index (χ2v) is 7.91. The molecule has 158 valence electrons. The average Bonchev–Trinajstić information content (AvgIpc) is 2.95. The van der Waals surface area contributed by atoms with E-state index in [-0.39, 0.29) is 31.1 Å². The first-order valence-corrected chi connectivity index (χ1v) is 10.4. The Morgan fingerprint density at radius 1 is 1.13 bits per heavy atom. The van der Waals surface area contributed by atoms with E-state index in [9.17, 15) is 14.7 Å². The van der Waals surface area contributed by atoms with Crippen LogP contribution in [0.25, 0.3) is 10.9 Å². The molecule has 0 saturated carbocycles. The van der Waals surface area contributed by atoms with Crippen LogP contribution in [0.3, 0.4) is 0 Å². The number of benzene rings is 2. The lowest BCUT2D eigenvalue weighted by Crippen LogP contribution is -2.13. The van der Waals surface area contributed by atoms with Crippen molar-refractivity contribution in [2.24, 2.45) is 0 Å². The molecule has 0 amide bonds. The highest BCUT2D eigenvalue weighted by atomic mass is 16.5. The van der Waals surface area contributed by atoms with Gasteiger partial charge in [0.15, 0.2) is 0 Å². The van der Waals surface area contributed by atoms with Crippen LogP contribution in [0.5, 0.6) is 5.75 Å². The van der Waals surface area contributed by atoms with Crippen molar-refractivity contribution in [1.82, 2.24) is 4.57 Å². The second kappa shape index (κ2) is 9.16. The van der Waals surface area contributed by atoms with Crippen molar-refractivity contribution >= 4 is 22.7 Å². The van der Waals surface area contributed by atoms with E-state index in [1.807, 2.05) is 43.3 Å². The Morgan fingerprint density at radius 3 is 2.57 bits per heavy atom. The highest BCUT2D eigenvalue weighted by Gasteiger charge is 2.19. The number of aromatic hydroxyl groups is 1. The summed E-state index contributed by atoms with van der Waals surface area (Å²) in [4.78, 5) is 24.2. The molecule has 0 aliphatic rings. The van der Waals surface area contributed by atoms with E-state index < -0.39 is 5.97 Å². The quantitative estimate of drug-likeness (QED) is 0.426. The number of Topliss-reactive ketones (excluding diaryl/α,β-unsaturated/α-hetero) is 1. The topological polar surface area (TPSA) is 68.5 Å². The fourth-order valence-electron chi connectivity index (χ4n) is 3.91. The number of ketones is 1. The van der Waals surface area contributed by atoms with E-state index in [0.29, 0.717) is 12.3 Å². The maximum absolute atomic E-state index is 12.5. The number of carbonyl (C=O) groups is 2. The summed E-state index contributed by atoms with van der Waals surface area (Å²) in [5.74, 6) is -0.0861. The molecule has 30 heavy (non-hydrogen) atoms. The van der Waals surface area contributed by atoms with Gasteiger partial charge in [-0.3, -0.25) is 9.59 Å². The van der Waals surface area contributed by atoms with Crippen molar-refractivity contribution in [1.29, 1.82) is 0 Å². The first-order valence-electron chi connectivity index (χ1n) is 10.4. The van der Waals surface area contributed by atoms with Crippen LogP contribution in [-0.2, 0) is 27.3 Å². The molecule has 3 aromatic rings. The molecular weight excluding hydrogens is 378 g/mol. The molecule has 5 heteroatoms. The van der Waals surface area contributed by atoms with Gasteiger partial charge in [0.1, 0.15) is 18.0 Å². The highest BCUT2D eigenvalue weighted by Crippen LogP contribution is 2.30. The highest BCUT2D eigenvalue weighted by molar-refractivity contribution is 5.99. The van der Waals surface area contributed by atoms with Gasteiger partial charge in [-0.05, 0) is 48.6 Å². The first-order chi connectivity index (χ1) is 14.3. The SMILES string of the molecule is CCOC(=O)CC(=O)Cc1c(C)n(Cc2ccc(O)c(C(C)C)c2)c2ccccc12. The van der Waals surface area contributed by atoms with Crippen LogP contribution < -0.4 is 0 Å². The molecule has 0 spiro atoms. The van der Waals surface area contributed by atoms with Gasteiger partial charge < -0.3 is 14.4 Å². The van der Waals surface area contributed by atoms with E-state index in [4.69, 9.17) is 4.74 Å². The zero-order valence-electron chi connectivity index (χ0n) is 18.1. The predicted octanol–water partition coefficient (Wildman–Crippen LogP) is 4.89. The Hall–Kier alpha value is -3.08. The predicted molar refractivity (Wildman–Crippen MR) is 118 cm³/mol. The van der Waals surface area contributed by atoms with Crippen LogP contribution in [0.15, 0.2) is 42.5 Å². The third kappa shape index (κ3) is 4.56. The van der Waals surface area contributed by atoms with E-state index >= 15 is 0 Å². The van der Waals surface area contributed by atoms with Crippen LogP contribution in [0.2, 0.25) is 0 Å². The van der Waals surface area contributed by atoms with Gasteiger partial charge in [-0.15, -0.1) is 0 Å². The summed E-state index contributed by atoms with van der Waals surface area (Å²) in [5.41, 5.74) is 5.01. The molecule has 0 radical (unpaired) electrons. The molecule has 0 unspecified atom stereocenters. The van der Waals surface area contributed by atoms with Crippen molar-refractivity contribution in [2.45, 2.75) is 53.0 Å². The van der Waals surface area contributed by atoms with Gasteiger partial charge in [-0.2, -0.15) is 0 Å². The minimum Gasteiger partial charge on any atom is -0.508 e. The number of para-hydroxylation sites is 1. The molecule has 3 rings (SSSR count). The summed E-state index contributed by atoms with van der Waals surface area (Å²) in [5, 5.41) is 11.2. The first kappa shape index (κ1) is 21.6. The number of hydrogen-bond donors (Lipinski definition) is 1. The van der Waals surface area contributed by atoms with Crippen LogP contribution >= 0.6 is 0 Å². The number of phenolic OH excluding ortho intramolecular Hbond substituents is 1. The minimum atomic E-state index is -0.478. The third-order valence-corrected chi connectivity index (χ3v) is 5.44. The molecule has 1 aromatic heterocycles. The fourth-order valence-corrected chi connectivity index (χ4v) is 3.91. The second-order valence-electron chi connectivity index (χ2n) is 7.91. The molecule has 0 aliphatic carbocycles. The Morgan fingerprint density at radius 2 is 1.87 bits per heavy atom. The van der Waals surface area contributed by atoms with Gasteiger partial charge >= 0.3 is 5.97 Å². The summed E-state index contributed by atoms with van der Waals surface area (Å²) in [7, 11) is 0. The van der Waals surface area contributed by atoms with E-state index in [1.165, 1.54) is 0 Å². The molecule has 0 atom stereocenters. The van der Waals surface area contributed by atoms with Crippen LogP contribution in [-0.4, -0.2) is 28.0 Å². The van der Waals surface area contributed by atoms with Gasteiger partial charge in [0.05, 0.1) is 6.61 Å². The monoisotopic (exact) mass is 407 g/mol. The number of esters is 1. The maximum Gasteiger partial charge on any atom is 0.313 e. The number of nitrogens with zero attached hydrogens (tertiary/aromatic N) is 1. The maximum atomic E-state index is 12.5. The lowest BCUT2D eigenvalue weighted by atomic mass is 9.99. The average molecular weight is 408 g/mol. The van der Waals surface area contributed by atoms with Crippen molar-refractivity contribution < 1.29 is 19.4 Å². The molecule has 0 aliphatic heterocycles. The molecule has 2 aromatic carbocycles. The molecule has 1 N–H and O–H groups in total. The Balaban J connectivity index is 1.95. The van der Waals surface area contributed by atoms with Gasteiger partial charge in [0.25, 0.3) is 0 Å². The molecule has 1 heterocycles. The van der Waals surface area contributed by atoms with Crippen molar-refractivity contribution in [2.75, 3.05) is 6.61 Å². The molecule has 0 saturated heterocycles. The van der Waals surface area contributed by atoms with Crippen LogP contribution in [0, 0.1) is 6.92 Å². The summed E-state index contributed by atoms with van der Waals surface area (Å²) in [6, 6.07) is 13.7. The number of ether oxygens (including phenoxy) is 1. The van der Waals surface area contributed by atoms with Crippen LogP contribution in [0.4, 0.5) is 0 Å². The van der Waals surface area contributed by atoms with Gasteiger partial charge in [0.2, 0.25) is 0 Å². The number of aromatic nitrogens is 1. The summed E-state index contributed by atoms with van der Waals surface area (Å²) >= 11 is 0. The van der Waals surface area contributed by atoms with Gasteiger partial charge in [-0.1, -0.05) is 44.2 Å². The number of phenols is 1. The zero-order chi connectivity index (χ0) is 21.8. The molecular formula is C25H29NO4. The lowest BCUT2D eigenvalue weighted by molar-refractivity contribution is -0.145. The Bertz CT molecular complexity index is 1080. The largest absolute Gasteiger partial charge is 0.508 e. The zero-order valence-corrected chi connectivity index (χ0v) is 18.1. The molecule has 0 fully saturated rings. The third-order valence-electron chi connectivity index (χ3n) is 5.44. The van der Waals surface area contributed by atoms with Gasteiger partial charge in [0, 0.05) is 29.6 Å². The van der Waals surface area contributed by atoms with Crippen molar-refractivity contribution in [3.8, 4) is 5.75 Å².